The van der Waals surface area contributed by atoms with Gasteiger partial charge < -0.3 is 19.5 Å². The van der Waals surface area contributed by atoms with E-state index < -0.39 is 17.4 Å². The number of aromatic nitrogens is 1. The number of nitrogens with zero attached hydrogens (tertiary/aromatic N) is 2. The Bertz CT molecular complexity index is 605. The number of aryl methyl sites for hydroxylation is 1. The molecule has 2 heterocycles. The molecule has 1 unspecified atom stereocenters. The number of hydrogen-bond donors (Lipinski definition) is 2. The number of rotatable bonds is 5. The van der Waals surface area contributed by atoms with E-state index >= 15 is 0 Å². The lowest BCUT2D eigenvalue weighted by molar-refractivity contribution is -0.141. The van der Waals surface area contributed by atoms with Gasteiger partial charge in [0.2, 0.25) is 5.43 Å². The summed E-state index contributed by atoms with van der Waals surface area (Å²) in [5.74, 6) is -1.34. The first-order valence-electron chi connectivity index (χ1n) is 7.42. The minimum Gasteiger partial charge on any atom is -0.503 e. The summed E-state index contributed by atoms with van der Waals surface area (Å²) in [5.41, 5.74) is 0.429. The number of carbonyl (C=O) groups is 1. The number of carboxylic acids is 1. The molecule has 1 aromatic heterocycles. The third-order valence-electron chi connectivity index (χ3n) is 3.98. The molecule has 2 rings (SSSR count). The summed E-state index contributed by atoms with van der Waals surface area (Å²) in [6.07, 6.45) is 0.370. The third-order valence-corrected chi connectivity index (χ3v) is 3.98. The van der Waals surface area contributed by atoms with Crippen LogP contribution in [0.1, 0.15) is 30.8 Å². The molecule has 0 radical (unpaired) electrons. The quantitative estimate of drug-likeness (QED) is 0.833. The van der Waals surface area contributed by atoms with Crippen LogP contribution in [0.25, 0.3) is 0 Å². The Labute approximate surface area is 128 Å². The highest BCUT2D eigenvalue weighted by molar-refractivity contribution is 5.72. The molecule has 2 N–H and O–H groups in total. The molecule has 0 saturated carbocycles. The highest BCUT2D eigenvalue weighted by Gasteiger charge is 2.25. The monoisotopic (exact) mass is 310 g/mol. The average molecular weight is 310 g/mol. The number of pyridine rings is 1. The van der Waals surface area contributed by atoms with Crippen molar-refractivity contribution in [1.82, 2.24) is 9.47 Å². The number of carboxylic acid groups (broad SMARTS) is 1. The van der Waals surface area contributed by atoms with Gasteiger partial charge in [-0.1, -0.05) is 6.92 Å². The maximum atomic E-state index is 11.9. The van der Waals surface area contributed by atoms with Gasteiger partial charge in [0.25, 0.3) is 0 Å². The second-order valence-corrected chi connectivity index (χ2v) is 5.47. The minimum atomic E-state index is -0.975. The highest BCUT2D eigenvalue weighted by Crippen LogP contribution is 2.24. The van der Waals surface area contributed by atoms with E-state index in [-0.39, 0.29) is 5.75 Å². The van der Waals surface area contributed by atoms with Crippen LogP contribution in [0.15, 0.2) is 10.9 Å². The zero-order valence-electron chi connectivity index (χ0n) is 12.9. The molecule has 0 spiro atoms. The van der Waals surface area contributed by atoms with Crippen LogP contribution < -0.4 is 5.43 Å². The standard InChI is InChI=1S/C15H22N2O5/c1-3-11(15(20)21)17-10(2)8-13(18)14(19)12(17)9-16-4-6-22-7-5-16/h8,11,19H,3-7,9H2,1-2H3,(H,20,21). The zero-order valence-corrected chi connectivity index (χ0v) is 12.9. The van der Waals surface area contributed by atoms with E-state index in [1.165, 1.54) is 6.07 Å². The smallest absolute Gasteiger partial charge is 0.326 e. The van der Waals surface area contributed by atoms with Gasteiger partial charge in [-0.05, 0) is 13.3 Å². The van der Waals surface area contributed by atoms with Gasteiger partial charge in [0.1, 0.15) is 6.04 Å². The molecule has 1 saturated heterocycles. The molecule has 1 aliphatic heterocycles. The van der Waals surface area contributed by atoms with Crippen LogP contribution in [-0.4, -0.2) is 52.0 Å². The largest absolute Gasteiger partial charge is 0.503 e. The summed E-state index contributed by atoms with van der Waals surface area (Å²) in [5, 5.41) is 19.6. The second-order valence-electron chi connectivity index (χ2n) is 5.47. The van der Waals surface area contributed by atoms with Gasteiger partial charge >= 0.3 is 5.97 Å². The van der Waals surface area contributed by atoms with E-state index in [4.69, 9.17) is 4.74 Å². The molecule has 1 aliphatic rings. The van der Waals surface area contributed by atoms with E-state index in [1.54, 1.807) is 18.4 Å². The SMILES string of the molecule is CCC(C(=O)O)n1c(C)cc(=O)c(O)c1CN1CCOCC1. The predicted molar refractivity (Wildman–Crippen MR) is 80.2 cm³/mol. The van der Waals surface area contributed by atoms with Crippen molar-refractivity contribution >= 4 is 5.97 Å². The lowest BCUT2D eigenvalue weighted by Gasteiger charge is -2.30. The molecule has 22 heavy (non-hydrogen) atoms. The number of aromatic hydroxyl groups is 1. The van der Waals surface area contributed by atoms with Crippen LogP contribution in [0.4, 0.5) is 0 Å². The highest BCUT2D eigenvalue weighted by atomic mass is 16.5. The Balaban J connectivity index is 2.48. The molecule has 1 atom stereocenters. The summed E-state index contributed by atoms with van der Waals surface area (Å²) in [6.45, 7) is 6.34. The summed E-state index contributed by atoms with van der Waals surface area (Å²) in [7, 11) is 0. The summed E-state index contributed by atoms with van der Waals surface area (Å²) < 4.78 is 6.85. The van der Waals surface area contributed by atoms with E-state index in [0.29, 0.717) is 50.7 Å². The second kappa shape index (κ2) is 6.93. The van der Waals surface area contributed by atoms with Crippen molar-refractivity contribution in [2.24, 2.45) is 0 Å². The van der Waals surface area contributed by atoms with Gasteiger partial charge in [-0.25, -0.2) is 4.79 Å². The molecule has 7 nitrogen and oxygen atoms in total. The van der Waals surface area contributed by atoms with E-state index in [0.717, 1.165) is 0 Å². The molecular formula is C15H22N2O5. The fourth-order valence-corrected chi connectivity index (χ4v) is 2.82. The van der Waals surface area contributed by atoms with Crippen molar-refractivity contribution in [3.8, 4) is 5.75 Å². The van der Waals surface area contributed by atoms with E-state index in [2.05, 4.69) is 0 Å². The Morgan fingerprint density at radius 3 is 2.59 bits per heavy atom. The molecule has 0 bridgehead atoms. The Hall–Kier alpha value is -1.86. The van der Waals surface area contributed by atoms with Crippen LogP contribution in [0.5, 0.6) is 5.75 Å². The van der Waals surface area contributed by atoms with Crippen molar-refractivity contribution < 1.29 is 19.7 Å². The Kier molecular flexibility index (Phi) is 5.20. The Morgan fingerprint density at radius 1 is 1.41 bits per heavy atom. The average Bonchev–Trinajstić information content (AvgIpc) is 2.49. The van der Waals surface area contributed by atoms with Crippen molar-refractivity contribution in [1.29, 1.82) is 0 Å². The van der Waals surface area contributed by atoms with Gasteiger partial charge in [-0.15, -0.1) is 0 Å². The van der Waals surface area contributed by atoms with Gasteiger partial charge in [0, 0.05) is 31.4 Å². The maximum Gasteiger partial charge on any atom is 0.326 e. The van der Waals surface area contributed by atoms with Crippen LogP contribution in [-0.2, 0) is 16.1 Å². The summed E-state index contributed by atoms with van der Waals surface area (Å²) >= 11 is 0. The first-order valence-corrected chi connectivity index (χ1v) is 7.42. The van der Waals surface area contributed by atoms with E-state index in [1.807, 2.05) is 4.90 Å². The molecular weight excluding hydrogens is 288 g/mol. The lowest BCUT2D eigenvalue weighted by atomic mass is 10.1. The van der Waals surface area contributed by atoms with Crippen LogP contribution in [0.2, 0.25) is 0 Å². The fraction of sp³-hybridized carbons (Fsp3) is 0.600. The van der Waals surface area contributed by atoms with Crippen LogP contribution in [0.3, 0.4) is 0 Å². The van der Waals surface area contributed by atoms with Crippen molar-refractivity contribution in [3.63, 3.8) is 0 Å². The van der Waals surface area contributed by atoms with E-state index in [9.17, 15) is 19.8 Å². The normalized spacial score (nSPS) is 17.4. The Morgan fingerprint density at radius 2 is 2.05 bits per heavy atom. The minimum absolute atomic E-state index is 0.329. The van der Waals surface area contributed by atoms with Gasteiger partial charge in [0.15, 0.2) is 5.75 Å². The first-order chi connectivity index (χ1) is 10.5. The van der Waals surface area contributed by atoms with Gasteiger partial charge in [-0.2, -0.15) is 0 Å². The van der Waals surface area contributed by atoms with Crippen LogP contribution >= 0.6 is 0 Å². The third kappa shape index (κ3) is 3.31. The molecule has 0 aromatic carbocycles. The lowest BCUT2D eigenvalue weighted by Crippen LogP contribution is -2.37. The molecule has 0 amide bonds. The maximum absolute atomic E-state index is 11.9. The van der Waals surface area contributed by atoms with Gasteiger partial charge in [-0.3, -0.25) is 9.69 Å². The zero-order chi connectivity index (χ0) is 16.3. The molecule has 1 fully saturated rings. The summed E-state index contributed by atoms with van der Waals surface area (Å²) in [4.78, 5) is 25.4. The number of ether oxygens (including phenoxy) is 1. The summed E-state index contributed by atoms with van der Waals surface area (Å²) in [6, 6.07) is 0.478. The fourth-order valence-electron chi connectivity index (χ4n) is 2.82. The van der Waals surface area contributed by atoms with Crippen molar-refractivity contribution in [3.05, 3.63) is 27.7 Å². The number of aliphatic carboxylic acids is 1. The van der Waals surface area contributed by atoms with Crippen LogP contribution in [0, 0.1) is 6.92 Å². The number of hydrogen-bond acceptors (Lipinski definition) is 5. The first kappa shape index (κ1) is 16.5. The van der Waals surface area contributed by atoms with Crippen molar-refractivity contribution in [2.75, 3.05) is 26.3 Å². The molecule has 0 aliphatic carbocycles. The topological polar surface area (TPSA) is 92.0 Å². The number of morpholine rings is 1. The predicted octanol–water partition coefficient (Wildman–Crippen LogP) is 0.730. The molecule has 1 aromatic rings. The molecule has 7 heteroatoms. The molecule has 122 valence electrons. The van der Waals surface area contributed by atoms with Crippen molar-refractivity contribution in [2.45, 2.75) is 32.9 Å². The van der Waals surface area contributed by atoms with Gasteiger partial charge in [0.05, 0.1) is 18.9 Å².